The summed E-state index contributed by atoms with van der Waals surface area (Å²) in [7, 11) is 0. The lowest BCUT2D eigenvalue weighted by Crippen LogP contribution is -2.27. The van der Waals surface area contributed by atoms with Crippen molar-refractivity contribution < 1.29 is 9.85 Å². The molecular formula is C4H4N8O4. The van der Waals surface area contributed by atoms with Crippen LogP contribution >= 0.6 is 0 Å². The van der Waals surface area contributed by atoms with E-state index in [-0.39, 0.29) is 11.4 Å². The van der Waals surface area contributed by atoms with Crippen LogP contribution in [0.4, 0.5) is 11.6 Å². The fourth-order valence-electron chi connectivity index (χ4n) is 1.27. The third kappa shape index (κ3) is 0.969. The van der Waals surface area contributed by atoms with Crippen LogP contribution in [0.15, 0.2) is 0 Å². The molecule has 0 fully saturated rings. The number of rotatable bonds is 2. The minimum Gasteiger partial charge on any atom is -0.358 e. The van der Waals surface area contributed by atoms with Crippen LogP contribution in [0.2, 0.25) is 0 Å². The largest absolute Gasteiger partial charge is 0.422 e. The van der Waals surface area contributed by atoms with E-state index < -0.39 is 21.5 Å². The zero-order chi connectivity index (χ0) is 12.0. The van der Waals surface area contributed by atoms with Gasteiger partial charge in [-0.2, -0.15) is 0 Å². The van der Waals surface area contributed by atoms with Crippen molar-refractivity contribution in [3.8, 4) is 11.4 Å². The average Bonchev–Trinajstić information content (AvgIpc) is 2.68. The molecule has 0 unspecified atom stereocenters. The van der Waals surface area contributed by atoms with Gasteiger partial charge in [-0.15, -0.1) is 0 Å². The van der Waals surface area contributed by atoms with E-state index in [0.29, 0.717) is 9.58 Å². The van der Waals surface area contributed by atoms with Gasteiger partial charge in [0.25, 0.3) is 0 Å². The van der Waals surface area contributed by atoms with Crippen molar-refractivity contribution in [2.75, 3.05) is 11.7 Å². The maximum Gasteiger partial charge on any atom is 0.422 e. The zero-order valence-corrected chi connectivity index (χ0v) is 7.47. The minimum absolute atomic E-state index is 0.306. The van der Waals surface area contributed by atoms with E-state index in [2.05, 4.69) is 10.2 Å². The fraction of sp³-hybridized carbons (Fsp3) is 0. The molecule has 84 valence electrons. The van der Waals surface area contributed by atoms with Gasteiger partial charge in [0.2, 0.25) is 11.4 Å². The van der Waals surface area contributed by atoms with Crippen molar-refractivity contribution in [3.63, 3.8) is 0 Å². The fourth-order valence-corrected chi connectivity index (χ4v) is 1.27. The SMILES string of the molecule is Nn1c2c([N+](=O)[O-])nnc-2c([N+](=O)[O-])n1N. The molecule has 0 spiro atoms. The van der Waals surface area contributed by atoms with E-state index in [4.69, 9.17) is 11.7 Å². The zero-order valence-electron chi connectivity index (χ0n) is 7.47. The Labute approximate surface area is 85.6 Å². The van der Waals surface area contributed by atoms with Gasteiger partial charge < -0.3 is 26.1 Å². The minimum atomic E-state index is -0.859. The van der Waals surface area contributed by atoms with Crippen molar-refractivity contribution >= 4 is 11.6 Å². The van der Waals surface area contributed by atoms with Crippen LogP contribution in [0.1, 0.15) is 0 Å². The Hall–Kier alpha value is -2.92. The highest BCUT2D eigenvalue weighted by Gasteiger charge is 2.41. The van der Waals surface area contributed by atoms with Gasteiger partial charge in [0, 0.05) is 0 Å². The summed E-state index contributed by atoms with van der Waals surface area (Å²) < 4.78 is 0. The van der Waals surface area contributed by atoms with Crippen molar-refractivity contribution in [1.82, 2.24) is 19.8 Å². The van der Waals surface area contributed by atoms with Crippen molar-refractivity contribution in [2.45, 2.75) is 0 Å². The summed E-state index contributed by atoms with van der Waals surface area (Å²) in [6, 6.07) is 0. The first-order valence-corrected chi connectivity index (χ1v) is 3.74. The second-order valence-electron chi connectivity index (χ2n) is 2.75. The number of nitrogens with zero attached hydrogens (tertiary/aromatic N) is 6. The molecule has 12 nitrogen and oxygen atoms in total. The highest BCUT2D eigenvalue weighted by Crippen LogP contribution is 2.35. The molecule has 0 aliphatic carbocycles. The Bertz CT molecular complexity index is 567. The first-order valence-electron chi connectivity index (χ1n) is 3.74. The Morgan fingerprint density at radius 2 is 1.69 bits per heavy atom. The lowest BCUT2D eigenvalue weighted by atomic mass is 10.3. The Morgan fingerprint density at radius 1 is 1.06 bits per heavy atom. The molecule has 2 aliphatic heterocycles. The normalized spacial score (nSPS) is 10.8. The molecule has 0 saturated heterocycles. The van der Waals surface area contributed by atoms with E-state index in [1.165, 1.54) is 0 Å². The summed E-state index contributed by atoms with van der Waals surface area (Å²) in [6.07, 6.45) is 0. The first kappa shape index (κ1) is 9.63. The molecule has 2 aliphatic rings. The molecule has 2 rings (SSSR count). The molecule has 0 saturated carbocycles. The maximum atomic E-state index is 10.6. The molecule has 4 N–H and O–H groups in total. The number of hydrogen-bond acceptors (Lipinski definition) is 8. The summed E-state index contributed by atoms with van der Waals surface area (Å²) >= 11 is 0. The van der Waals surface area contributed by atoms with Gasteiger partial charge in [-0.05, 0) is 19.7 Å². The second kappa shape index (κ2) is 2.78. The first-order chi connectivity index (χ1) is 7.45. The van der Waals surface area contributed by atoms with Crippen LogP contribution in [0, 0.1) is 20.2 Å². The highest BCUT2D eigenvalue weighted by atomic mass is 16.6. The number of aromatic nitrogens is 4. The lowest BCUT2D eigenvalue weighted by molar-refractivity contribution is -0.391. The summed E-state index contributed by atoms with van der Waals surface area (Å²) in [6.45, 7) is 0. The number of nitrogens with two attached hydrogens (primary N) is 2. The topological polar surface area (TPSA) is 174 Å². The van der Waals surface area contributed by atoms with Gasteiger partial charge in [0.1, 0.15) is 0 Å². The van der Waals surface area contributed by atoms with Crippen LogP contribution in [-0.4, -0.2) is 29.6 Å². The lowest BCUT2D eigenvalue weighted by Gasteiger charge is -1.95. The van der Waals surface area contributed by atoms with Gasteiger partial charge >= 0.3 is 11.6 Å². The molecule has 0 aromatic heterocycles. The molecule has 0 atom stereocenters. The van der Waals surface area contributed by atoms with Gasteiger partial charge in [0.15, 0.2) is 0 Å². The van der Waals surface area contributed by atoms with Crippen LogP contribution in [-0.2, 0) is 0 Å². The van der Waals surface area contributed by atoms with E-state index in [1.807, 2.05) is 0 Å². The summed E-state index contributed by atoms with van der Waals surface area (Å²) in [4.78, 5) is 20.4. The monoisotopic (exact) mass is 228 g/mol. The van der Waals surface area contributed by atoms with E-state index in [1.54, 1.807) is 0 Å². The van der Waals surface area contributed by atoms with Crippen LogP contribution < -0.4 is 11.7 Å². The highest BCUT2D eigenvalue weighted by molar-refractivity contribution is 5.73. The van der Waals surface area contributed by atoms with Crippen molar-refractivity contribution in [2.24, 2.45) is 0 Å². The third-order valence-corrected chi connectivity index (χ3v) is 1.92. The third-order valence-electron chi connectivity index (χ3n) is 1.92. The van der Waals surface area contributed by atoms with E-state index in [9.17, 15) is 20.2 Å². The predicted molar refractivity (Wildman–Crippen MR) is 48.2 cm³/mol. The Balaban J connectivity index is 2.80. The number of fused-ring (bicyclic) bond motifs is 1. The predicted octanol–water partition coefficient (Wildman–Crippen LogP) is -1.57. The molecule has 0 aromatic rings. The van der Waals surface area contributed by atoms with Crippen LogP contribution in [0.3, 0.4) is 0 Å². The van der Waals surface area contributed by atoms with Gasteiger partial charge in [-0.1, -0.05) is 4.79 Å². The van der Waals surface area contributed by atoms with Crippen LogP contribution in [0.5, 0.6) is 0 Å². The van der Waals surface area contributed by atoms with Crippen LogP contribution in [0.25, 0.3) is 11.4 Å². The molecular weight excluding hydrogens is 224 g/mol. The number of hydrogen-bond donors (Lipinski definition) is 2. The number of nitro groups is 2. The smallest absolute Gasteiger partial charge is 0.358 e. The molecule has 0 bridgehead atoms. The molecule has 16 heavy (non-hydrogen) atoms. The van der Waals surface area contributed by atoms with E-state index >= 15 is 0 Å². The summed E-state index contributed by atoms with van der Waals surface area (Å²) in [5.41, 5.74) is -0.638. The standard InChI is InChI=1S/C4H4N8O4/c5-9-2-1(4(10(9)6)12(15)16)7-8-3(2)11(13)14/h5-6H2. The van der Waals surface area contributed by atoms with Gasteiger partial charge in [-0.3, -0.25) is 0 Å². The Kier molecular flexibility index (Phi) is 1.68. The molecule has 2 heterocycles. The van der Waals surface area contributed by atoms with Gasteiger partial charge in [-0.25, -0.2) is 5.84 Å². The Morgan fingerprint density at radius 3 is 2.19 bits per heavy atom. The molecule has 0 radical (unpaired) electrons. The maximum absolute atomic E-state index is 10.6. The quantitative estimate of drug-likeness (QED) is 0.352. The molecule has 0 amide bonds. The van der Waals surface area contributed by atoms with Crippen molar-refractivity contribution in [1.29, 1.82) is 0 Å². The summed E-state index contributed by atoms with van der Waals surface area (Å²) in [5, 5.41) is 27.6. The molecule has 12 heteroatoms. The molecule has 0 aromatic carbocycles. The van der Waals surface area contributed by atoms with E-state index in [0.717, 1.165) is 0 Å². The van der Waals surface area contributed by atoms with Crippen molar-refractivity contribution in [3.05, 3.63) is 20.2 Å². The second-order valence-corrected chi connectivity index (χ2v) is 2.75. The van der Waals surface area contributed by atoms with Gasteiger partial charge in [0.05, 0.1) is 5.10 Å². The average molecular weight is 228 g/mol. The summed E-state index contributed by atoms with van der Waals surface area (Å²) in [5.74, 6) is 9.22. The number of nitrogen functional groups attached to an aromatic ring is 2.